The molecule has 0 bridgehead atoms. The van der Waals surface area contributed by atoms with Crippen LogP contribution in [0.15, 0.2) is 11.6 Å². The Bertz CT molecular complexity index is 371. The van der Waals surface area contributed by atoms with E-state index in [4.69, 9.17) is 9.84 Å². The fourth-order valence-corrected chi connectivity index (χ4v) is 1.20. The fourth-order valence-electron chi connectivity index (χ4n) is 0.757. The SMILES string of the molecule is CC(C)(C)OC(=O)NCC(=O)O.Cc1nccs1. The molecule has 1 heterocycles. The number of aliphatic carboxylic acids is 1. The lowest BCUT2D eigenvalue weighted by atomic mass is 10.2. The summed E-state index contributed by atoms with van der Waals surface area (Å²) < 4.78 is 4.77. The topological polar surface area (TPSA) is 88.5 Å². The number of carboxylic acids is 1. The average molecular weight is 274 g/mol. The van der Waals surface area contributed by atoms with E-state index in [1.54, 1.807) is 38.3 Å². The number of aryl methyl sites for hydroxylation is 1. The van der Waals surface area contributed by atoms with Gasteiger partial charge in [-0.15, -0.1) is 11.3 Å². The zero-order chi connectivity index (χ0) is 14.2. The summed E-state index contributed by atoms with van der Waals surface area (Å²) in [6.07, 6.45) is 1.09. The van der Waals surface area contributed by atoms with Crippen LogP contribution in [-0.4, -0.2) is 34.3 Å². The number of amides is 1. The molecule has 7 heteroatoms. The number of hydrogen-bond acceptors (Lipinski definition) is 5. The van der Waals surface area contributed by atoms with Gasteiger partial charge in [-0.1, -0.05) is 0 Å². The predicted molar refractivity (Wildman–Crippen MR) is 68.7 cm³/mol. The maximum Gasteiger partial charge on any atom is 0.408 e. The van der Waals surface area contributed by atoms with Crippen molar-refractivity contribution in [2.45, 2.75) is 33.3 Å². The van der Waals surface area contributed by atoms with Crippen molar-refractivity contribution in [1.82, 2.24) is 10.3 Å². The Morgan fingerprint density at radius 3 is 2.39 bits per heavy atom. The Balaban J connectivity index is 0.000000397. The van der Waals surface area contributed by atoms with Gasteiger partial charge < -0.3 is 15.2 Å². The van der Waals surface area contributed by atoms with Crippen LogP contribution in [0.1, 0.15) is 25.8 Å². The van der Waals surface area contributed by atoms with Gasteiger partial charge in [0.1, 0.15) is 12.1 Å². The molecule has 1 aromatic rings. The summed E-state index contributed by atoms with van der Waals surface area (Å²) in [5.74, 6) is -1.10. The zero-order valence-corrected chi connectivity index (χ0v) is 11.7. The Labute approximate surface area is 110 Å². The molecule has 6 nitrogen and oxygen atoms in total. The Hall–Kier alpha value is -1.63. The molecule has 0 aliphatic rings. The van der Waals surface area contributed by atoms with E-state index in [9.17, 15) is 9.59 Å². The highest BCUT2D eigenvalue weighted by Crippen LogP contribution is 2.05. The molecule has 1 aromatic heterocycles. The highest BCUT2D eigenvalue weighted by molar-refractivity contribution is 7.09. The van der Waals surface area contributed by atoms with E-state index in [0.717, 1.165) is 5.01 Å². The standard InChI is InChI=1S/C7H13NO4.C4H5NS/c1-7(2,3)12-6(11)8-4-5(9)10;1-4-5-2-3-6-4/h4H2,1-3H3,(H,8,11)(H,9,10);2-3H,1H3. The molecule has 0 radical (unpaired) electrons. The molecule has 0 fully saturated rings. The molecule has 0 aliphatic heterocycles. The van der Waals surface area contributed by atoms with Gasteiger partial charge in [0, 0.05) is 11.6 Å². The van der Waals surface area contributed by atoms with Gasteiger partial charge in [-0.3, -0.25) is 9.78 Å². The molecular formula is C11H18N2O4S. The molecule has 0 saturated heterocycles. The van der Waals surface area contributed by atoms with Crippen molar-refractivity contribution in [3.05, 3.63) is 16.6 Å². The Morgan fingerprint density at radius 1 is 1.50 bits per heavy atom. The molecule has 1 rings (SSSR count). The first-order valence-electron chi connectivity index (χ1n) is 5.25. The lowest BCUT2D eigenvalue weighted by Crippen LogP contribution is -2.35. The number of nitrogens with zero attached hydrogens (tertiary/aromatic N) is 1. The van der Waals surface area contributed by atoms with Crippen LogP contribution >= 0.6 is 11.3 Å². The summed E-state index contributed by atoms with van der Waals surface area (Å²) in [4.78, 5) is 24.7. The van der Waals surface area contributed by atoms with Gasteiger partial charge in [-0.05, 0) is 27.7 Å². The molecule has 1 amide bonds. The minimum atomic E-state index is -1.10. The van der Waals surface area contributed by atoms with E-state index < -0.39 is 24.2 Å². The monoisotopic (exact) mass is 274 g/mol. The second-order valence-electron chi connectivity index (χ2n) is 4.30. The van der Waals surface area contributed by atoms with Crippen molar-refractivity contribution < 1.29 is 19.4 Å². The van der Waals surface area contributed by atoms with Gasteiger partial charge in [-0.2, -0.15) is 0 Å². The summed E-state index contributed by atoms with van der Waals surface area (Å²) in [5.41, 5.74) is -0.595. The highest BCUT2D eigenvalue weighted by atomic mass is 32.1. The van der Waals surface area contributed by atoms with Crippen LogP contribution in [0.2, 0.25) is 0 Å². The van der Waals surface area contributed by atoms with E-state index in [0.29, 0.717) is 0 Å². The van der Waals surface area contributed by atoms with Crippen molar-refractivity contribution in [3.8, 4) is 0 Å². The van der Waals surface area contributed by atoms with Crippen LogP contribution in [0, 0.1) is 6.92 Å². The molecular weight excluding hydrogens is 256 g/mol. The number of aromatic nitrogens is 1. The summed E-state index contributed by atoms with van der Waals surface area (Å²) >= 11 is 1.67. The van der Waals surface area contributed by atoms with Crippen molar-refractivity contribution >= 4 is 23.4 Å². The smallest absolute Gasteiger partial charge is 0.408 e. The number of thiazole rings is 1. The predicted octanol–water partition coefficient (Wildman–Crippen LogP) is 2.05. The molecule has 0 atom stereocenters. The molecule has 0 unspecified atom stereocenters. The molecule has 0 saturated carbocycles. The molecule has 0 spiro atoms. The number of hydrogen-bond donors (Lipinski definition) is 2. The van der Waals surface area contributed by atoms with Gasteiger partial charge in [0.05, 0.1) is 5.01 Å². The minimum absolute atomic E-state index is 0.422. The molecule has 2 N–H and O–H groups in total. The summed E-state index contributed by atoms with van der Waals surface area (Å²) in [6.45, 7) is 6.67. The minimum Gasteiger partial charge on any atom is -0.480 e. The summed E-state index contributed by atoms with van der Waals surface area (Å²) in [6, 6.07) is 0. The van der Waals surface area contributed by atoms with Crippen LogP contribution < -0.4 is 5.32 Å². The number of carboxylic acid groups (broad SMARTS) is 1. The van der Waals surface area contributed by atoms with Gasteiger partial charge >= 0.3 is 12.1 Å². The average Bonchev–Trinajstić information content (AvgIpc) is 2.64. The second-order valence-corrected chi connectivity index (χ2v) is 5.40. The Kier molecular flexibility index (Phi) is 6.96. The highest BCUT2D eigenvalue weighted by Gasteiger charge is 2.15. The first-order chi connectivity index (χ1) is 8.20. The third-order valence-corrected chi connectivity index (χ3v) is 2.04. The number of alkyl carbamates (subject to hydrolysis) is 1. The van der Waals surface area contributed by atoms with Crippen molar-refractivity contribution in [3.63, 3.8) is 0 Å². The third-order valence-electron chi connectivity index (χ3n) is 1.34. The maximum absolute atomic E-state index is 10.8. The first kappa shape index (κ1) is 16.4. The maximum atomic E-state index is 10.8. The molecule has 0 aliphatic carbocycles. The van der Waals surface area contributed by atoms with Crippen LogP contribution in [0.4, 0.5) is 4.79 Å². The third kappa shape index (κ3) is 10.9. The quantitative estimate of drug-likeness (QED) is 0.861. The molecule has 18 heavy (non-hydrogen) atoms. The van der Waals surface area contributed by atoms with Crippen LogP contribution in [0.25, 0.3) is 0 Å². The van der Waals surface area contributed by atoms with Gasteiger partial charge in [-0.25, -0.2) is 4.79 Å². The van der Waals surface area contributed by atoms with E-state index in [1.165, 1.54) is 0 Å². The normalized spacial score (nSPS) is 10.0. The lowest BCUT2D eigenvalue weighted by Gasteiger charge is -2.19. The Morgan fingerprint density at radius 2 is 2.11 bits per heavy atom. The van der Waals surface area contributed by atoms with Gasteiger partial charge in [0.15, 0.2) is 0 Å². The van der Waals surface area contributed by atoms with Crippen LogP contribution in [0.3, 0.4) is 0 Å². The largest absolute Gasteiger partial charge is 0.480 e. The van der Waals surface area contributed by atoms with Crippen molar-refractivity contribution in [2.75, 3.05) is 6.54 Å². The van der Waals surface area contributed by atoms with E-state index in [1.807, 2.05) is 12.3 Å². The van der Waals surface area contributed by atoms with Crippen molar-refractivity contribution in [2.24, 2.45) is 0 Å². The number of nitrogens with one attached hydrogen (secondary N) is 1. The zero-order valence-electron chi connectivity index (χ0n) is 10.9. The van der Waals surface area contributed by atoms with Crippen LogP contribution in [0.5, 0.6) is 0 Å². The summed E-state index contributed by atoms with van der Waals surface area (Å²) in [7, 11) is 0. The van der Waals surface area contributed by atoms with Crippen LogP contribution in [-0.2, 0) is 9.53 Å². The number of carbonyl (C=O) groups is 2. The molecule has 0 aromatic carbocycles. The second kappa shape index (κ2) is 7.65. The molecule has 102 valence electrons. The van der Waals surface area contributed by atoms with Gasteiger partial charge in [0.25, 0.3) is 0 Å². The summed E-state index contributed by atoms with van der Waals surface area (Å²) in [5, 5.41) is 13.4. The van der Waals surface area contributed by atoms with E-state index in [2.05, 4.69) is 10.3 Å². The number of carbonyl (C=O) groups excluding carboxylic acids is 1. The number of ether oxygens (including phenoxy) is 1. The van der Waals surface area contributed by atoms with Crippen molar-refractivity contribution in [1.29, 1.82) is 0 Å². The fraction of sp³-hybridized carbons (Fsp3) is 0.545. The first-order valence-corrected chi connectivity index (χ1v) is 6.13. The van der Waals surface area contributed by atoms with E-state index >= 15 is 0 Å². The number of rotatable bonds is 2. The van der Waals surface area contributed by atoms with Gasteiger partial charge in [0.2, 0.25) is 0 Å². The van der Waals surface area contributed by atoms with E-state index in [-0.39, 0.29) is 0 Å². The lowest BCUT2D eigenvalue weighted by molar-refractivity contribution is -0.136.